The van der Waals surface area contributed by atoms with Crippen LogP contribution in [0.2, 0.25) is 0 Å². The SMILES string of the molecule is COc1cccc([C@@]23CCN(CC4CC4)C[C@@]2(O)CC[C@H](N(CC(C)C)C(=O)c2ccc4ccccc4c2)C3)c1. The quantitative estimate of drug-likeness (QED) is 0.365. The molecule has 1 heterocycles. The lowest BCUT2D eigenvalue weighted by molar-refractivity contribution is -0.133. The monoisotopic (exact) mass is 540 g/mol. The number of amides is 1. The summed E-state index contributed by atoms with van der Waals surface area (Å²) in [5.41, 5.74) is 0.629. The molecule has 5 nitrogen and oxygen atoms in total. The van der Waals surface area contributed by atoms with E-state index in [2.05, 4.69) is 60.0 Å². The number of hydrogen-bond acceptors (Lipinski definition) is 4. The first-order chi connectivity index (χ1) is 19.3. The first-order valence-electron chi connectivity index (χ1n) is 15.2. The van der Waals surface area contributed by atoms with Crippen molar-refractivity contribution in [3.63, 3.8) is 0 Å². The van der Waals surface area contributed by atoms with Crippen molar-refractivity contribution in [1.29, 1.82) is 0 Å². The number of piperidine rings is 1. The van der Waals surface area contributed by atoms with Gasteiger partial charge in [-0.25, -0.2) is 0 Å². The number of carbonyl (C=O) groups is 1. The third-order valence-electron chi connectivity index (χ3n) is 9.80. The smallest absolute Gasteiger partial charge is 0.254 e. The number of methoxy groups -OCH3 is 1. The van der Waals surface area contributed by atoms with Gasteiger partial charge in [-0.2, -0.15) is 0 Å². The highest BCUT2D eigenvalue weighted by Gasteiger charge is 2.58. The van der Waals surface area contributed by atoms with E-state index in [4.69, 9.17) is 4.74 Å². The molecule has 3 atom stereocenters. The minimum Gasteiger partial charge on any atom is -0.497 e. The average molecular weight is 541 g/mol. The Kier molecular flexibility index (Phi) is 7.39. The second kappa shape index (κ2) is 10.8. The number of β-amino-alcohol motifs (C(OH)–C–C–N with tert-alkyl or cyclic N) is 1. The Morgan fingerprint density at radius 2 is 1.82 bits per heavy atom. The molecule has 2 saturated carbocycles. The summed E-state index contributed by atoms with van der Waals surface area (Å²) in [5.74, 6) is 2.06. The van der Waals surface area contributed by atoms with Gasteiger partial charge in [0.05, 0.1) is 12.7 Å². The molecule has 1 amide bonds. The first kappa shape index (κ1) is 27.3. The molecule has 3 fully saturated rings. The van der Waals surface area contributed by atoms with Crippen LogP contribution in [0.3, 0.4) is 0 Å². The van der Waals surface area contributed by atoms with Gasteiger partial charge in [0.25, 0.3) is 5.91 Å². The van der Waals surface area contributed by atoms with Crippen LogP contribution in [-0.2, 0) is 5.41 Å². The van der Waals surface area contributed by atoms with Crippen molar-refractivity contribution in [2.45, 2.75) is 69.4 Å². The first-order valence-corrected chi connectivity index (χ1v) is 15.2. The zero-order valence-electron chi connectivity index (χ0n) is 24.3. The second-order valence-corrected chi connectivity index (χ2v) is 13.1. The largest absolute Gasteiger partial charge is 0.497 e. The van der Waals surface area contributed by atoms with E-state index < -0.39 is 11.0 Å². The van der Waals surface area contributed by atoms with Gasteiger partial charge in [0.2, 0.25) is 0 Å². The Labute approximate surface area is 239 Å². The minimum absolute atomic E-state index is 0.0582. The Hall–Kier alpha value is -2.89. The lowest BCUT2D eigenvalue weighted by atomic mass is 9.55. The maximum Gasteiger partial charge on any atom is 0.254 e. The Morgan fingerprint density at radius 1 is 1.02 bits per heavy atom. The molecule has 5 heteroatoms. The van der Waals surface area contributed by atoms with E-state index in [1.807, 2.05) is 30.3 Å². The van der Waals surface area contributed by atoms with Crippen molar-refractivity contribution in [3.05, 3.63) is 77.9 Å². The maximum atomic E-state index is 14.2. The molecule has 0 bridgehead atoms. The summed E-state index contributed by atoms with van der Waals surface area (Å²) >= 11 is 0. The number of fused-ring (bicyclic) bond motifs is 2. The van der Waals surface area contributed by atoms with E-state index in [-0.39, 0.29) is 11.9 Å². The lowest BCUT2D eigenvalue weighted by Gasteiger charge is -2.59. The van der Waals surface area contributed by atoms with E-state index in [1.165, 1.54) is 12.8 Å². The molecule has 1 N–H and O–H groups in total. The minimum atomic E-state index is -0.835. The van der Waals surface area contributed by atoms with Crippen molar-refractivity contribution in [3.8, 4) is 5.75 Å². The number of likely N-dealkylation sites (tertiary alicyclic amines) is 1. The van der Waals surface area contributed by atoms with Crippen LogP contribution in [0.25, 0.3) is 10.8 Å². The molecular formula is C35H44N2O3. The van der Waals surface area contributed by atoms with Crippen LogP contribution < -0.4 is 4.74 Å². The van der Waals surface area contributed by atoms with Crippen LogP contribution in [-0.4, -0.2) is 65.7 Å². The molecule has 0 spiro atoms. The standard InChI is InChI=1S/C35H44N2O3/c1-25(2)22-37(33(38)29-14-13-27-7-4-5-8-28(27)19-29)31-15-16-35(39)24-36(23-26-11-12-26)18-17-34(35,21-31)30-9-6-10-32(20-30)40-3/h4-10,13-14,19-20,25-26,31,39H,11-12,15-18,21-24H2,1-3H3/t31-,34-,35-/m0/s1. The molecular weight excluding hydrogens is 496 g/mol. The zero-order valence-corrected chi connectivity index (χ0v) is 24.3. The summed E-state index contributed by atoms with van der Waals surface area (Å²) < 4.78 is 5.64. The third-order valence-corrected chi connectivity index (χ3v) is 9.80. The fourth-order valence-corrected chi connectivity index (χ4v) is 7.52. The van der Waals surface area contributed by atoms with Crippen LogP contribution >= 0.6 is 0 Å². The van der Waals surface area contributed by atoms with Crippen molar-refractivity contribution < 1.29 is 14.6 Å². The van der Waals surface area contributed by atoms with E-state index in [1.54, 1.807) is 7.11 Å². The summed E-state index contributed by atoms with van der Waals surface area (Å²) in [4.78, 5) is 18.9. The molecule has 0 radical (unpaired) electrons. The van der Waals surface area contributed by atoms with Crippen LogP contribution in [0.1, 0.15) is 68.3 Å². The molecule has 2 aliphatic carbocycles. The van der Waals surface area contributed by atoms with Gasteiger partial charge in [0.15, 0.2) is 0 Å². The molecule has 0 aromatic heterocycles. The van der Waals surface area contributed by atoms with Crippen LogP contribution in [0.15, 0.2) is 66.7 Å². The van der Waals surface area contributed by atoms with Crippen LogP contribution in [0.4, 0.5) is 0 Å². The highest BCUT2D eigenvalue weighted by molar-refractivity contribution is 5.98. The van der Waals surface area contributed by atoms with Crippen molar-refractivity contribution >= 4 is 16.7 Å². The van der Waals surface area contributed by atoms with Gasteiger partial charge in [-0.3, -0.25) is 4.79 Å². The number of ether oxygens (including phenoxy) is 1. The maximum absolute atomic E-state index is 14.2. The van der Waals surface area contributed by atoms with Gasteiger partial charge in [0.1, 0.15) is 5.75 Å². The third kappa shape index (κ3) is 5.14. The van der Waals surface area contributed by atoms with Crippen molar-refractivity contribution in [1.82, 2.24) is 9.80 Å². The fraction of sp³-hybridized carbons (Fsp3) is 0.514. The number of hydrogen-bond donors (Lipinski definition) is 1. The van der Waals surface area contributed by atoms with Crippen molar-refractivity contribution in [2.75, 3.05) is 33.3 Å². The number of aliphatic hydroxyl groups is 1. The lowest BCUT2D eigenvalue weighted by Crippen LogP contribution is -2.67. The van der Waals surface area contributed by atoms with Gasteiger partial charge >= 0.3 is 0 Å². The summed E-state index contributed by atoms with van der Waals surface area (Å²) in [6.07, 6.45) is 5.79. The van der Waals surface area contributed by atoms with Gasteiger partial charge in [-0.1, -0.05) is 56.3 Å². The molecule has 3 aliphatic rings. The molecule has 3 aromatic rings. The average Bonchev–Trinajstić information content (AvgIpc) is 3.79. The number of benzene rings is 3. The summed E-state index contributed by atoms with van der Waals surface area (Å²) in [6.45, 7) is 7.86. The van der Waals surface area contributed by atoms with E-state index in [0.717, 1.165) is 65.9 Å². The molecule has 1 aliphatic heterocycles. The fourth-order valence-electron chi connectivity index (χ4n) is 7.52. The van der Waals surface area contributed by atoms with Gasteiger partial charge in [-0.05, 0) is 97.5 Å². The predicted molar refractivity (Wildman–Crippen MR) is 161 cm³/mol. The van der Waals surface area contributed by atoms with Crippen LogP contribution in [0, 0.1) is 11.8 Å². The van der Waals surface area contributed by atoms with Gasteiger partial charge in [0, 0.05) is 36.7 Å². The summed E-state index contributed by atoms with van der Waals surface area (Å²) in [5, 5.41) is 14.8. The molecule has 0 unspecified atom stereocenters. The van der Waals surface area contributed by atoms with E-state index in [0.29, 0.717) is 25.4 Å². The highest BCUT2D eigenvalue weighted by Crippen LogP contribution is 2.53. The molecule has 1 saturated heterocycles. The van der Waals surface area contributed by atoms with E-state index >= 15 is 0 Å². The van der Waals surface area contributed by atoms with Crippen molar-refractivity contribution in [2.24, 2.45) is 11.8 Å². The normalized spacial score (nSPS) is 27.0. The molecule has 212 valence electrons. The zero-order chi connectivity index (χ0) is 27.9. The second-order valence-electron chi connectivity index (χ2n) is 13.1. The molecule has 3 aromatic carbocycles. The van der Waals surface area contributed by atoms with Gasteiger partial charge in [-0.15, -0.1) is 0 Å². The summed E-state index contributed by atoms with van der Waals surface area (Å²) in [7, 11) is 1.71. The van der Waals surface area contributed by atoms with Gasteiger partial charge < -0.3 is 19.6 Å². The topological polar surface area (TPSA) is 53.0 Å². The molecule has 6 rings (SSSR count). The summed E-state index contributed by atoms with van der Waals surface area (Å²) in [6, 6.07) is 22.7. The number of nitrogens with zero attached hydrogens (tertiary/aromatic N) is 2. The Bertz CT molecular complexity index is 1370. The number of rotatable bonds is 8. The predicted octanol–water partition coefficient (Wildman–Crippen LogP) is 6.28. The Morgan fingerprint density at radius 3 is 2.58 bits per heavy atom. The highest BCUT2D eigenvalue weighted by atomic mass is 16.5. The Balaban J connectivity index is 1.35. The molecule has 40 heavy (non-hydrogen) atoms. The van der Waals surface area contributed by atoms with Crippen LogP contribution in [0.5, 0.6) is 5.75 Å². The van der Waals surface area contributed by atoms with E-state index in [9.17, 15) is 9.90 Å². The number of carbonyl (C=O) groups excluding carboxylic acids is 1.